The topological polar surface area (TPSA) is 69.0 Å². The van der Waals surface area contributed by atoms with Gasteiger partial charge in [0.2, 0.25) is 5.76 Å². The van der Waals surface area contributed by atoms with E-state index in [1.165, 1.54) is 0 Å². The Kier molecular flexibility index (Phi) is 7.23. The van der Waals surface area contributed by atoms with Crippen molar-refractivity contribution in [1.82, 2.24) is 4.90 Å². The van der Waals surface area contributed by atoms with Crippen molar-refractivity contribution in [1.29, 1.82) is 0 Å². The van der Waals surface area contributed by atoms with Crippen molar-refractivity contribution in [2.45, 2.75) is 52.7 Å². The first kappa shape index (κ1) is 25.6. The summed E-state index contributed by atoms with van der Waals surface area (Å²) in [6.45, 7) is 6.92. The third-order valence-corrected chi connectivity index (χ3v) is 7.14. The second-order valence-corrected chi connectivity index (χ2v) is 9.93. The van der Waals surface area contributed by atoms with Crippen molar-refractivity contribution in [3.05, 3.63) is 104 Å². The Bertz CT molecular complexity index is 1540. The Hall–Kier alpha value is -4.06. The Balaban J connectivity index is 1.59. The molecule has 0 saturated carbocycles. The van der Waals surface area contributed by atoms with Crippen LogP contribution in [0.1, 0.15) is 70.6 Å². The molecule has 3 aromatic carbocycles. The van der Waals surface area contributed by atoms with Gasteiger partial charge < -0.3 is 18.8 Å². The average Bonchev–Trinajstić information content (AvgIpc) is 3.20. The maximum absolute atomic E-state index is 13.9. The molecule has 2 heterocycles. The summed E-state index contributed by atoms with van der Waals surface area (Å²) in [7, 11) is 1.59. The van der Waals surface area contributed by atoms with Crippen LogP contribution in [0.5, 0.6) is 11.5 Å². The molecule has 0 N–H and O–H groups in total. The van der Waals surface area contributed by atoms with Crippen molar-refractivity contribution < 1.29 is 18.7 Å². The van der Waals surface area contributed by atoms with E-state index in [9.17, 15) is 9.59 Å². The van der Waals surface area contributed by atoms with Gasteiger partial charge in [-0.1, -0.05) is 62.2 Å². The largest absolute Gasteiger partial charge is 0.493 e. The summed E-state index contributed by atoms with van der Waals surface area (Å²) >= 11 is 0. The highest BCUT2D eigenvalue weighted by Gasteiger charge is 2.42. The molecular weight excluding hydrogens is 478 g/mol. The van der Waals surface area contributed by atoms with Crippen molar-refractivity contribution >= 4 is 16.9 Å². The van der Waals surface area contributed by atoms with E-state index >= 15 is 0 Å². The summed E-state index contributed by atoms with van der Waals surface area (Å²) in [5, 5.41) is 0.504. The fourth-order valence-corrected chi connectivity index (χ4v) is 5.29. The zero-order valence-electron chi connectivity index (χ0n) is 22.4. The van der Waals surface area contributed by atoms with E-state index in [0.29, 0.717) is 41.2 Å². The molecular formula is C32H33NO5. The lowest BCUT2D eigenvalue weighted by Crippen LogP contribution is -2.30. The Morgan fingerprint density at radius 1 is 0.947 bits per heavy atom. The van der Waals surface area contributed by atoms with Crippen LogP contribution in [-0.2, 0) is 6.61 Å². The number of unbranched alkanes of at least 4 members (excludes halogenated alkanes) is 2. The molecule has 1 unspecified atom stereocenters. The summed E-state index contributed by atoms with van der Waals surface area (Å²) in [6.07, 6.45) is 2.86. The molecule has 0 spiro atoms. The number of carbonyl (C=O) groups is 1. The third-order valence-electron chi connectivity index (χ3n) is 7.14. The van der Waals surface area contributed by atoms with Crippen LogP contribution >= 0.6 is 0 Å². The Morgan fingerprint density at radius 2 is 1.74 bits per heavy atom. The molecule has 5 rings (SSSR count). The highest BCUT2D eigenvalue weighted by atomic mass is 16.5. The van der Waals surface area contributed by atoms with Crippen LogP contribution in [0.15, 0.2) is 69.9 Å². The molecule has 6 heteroatoms. The Morgan fingerprint density at radius 3 is 2.47 bits per heavy atom. The first-order chi connectivity index (χ1) is 18.4. The van der Waals surface area contributed by atoms with Crippen molar-refractivity contribution in [2.75, 3.05) is 13.7 Å². The molecule has 0 aliphatic carbocycles. The predicted octanol–water partition coefficient (Wildman–Crippen LogP) is 6.73. The van der Waals surface area contributed by atoms with Gasteiger partial charge in [0, 0.05) is 6.54 Å². The van der Waals surface area contributed by atoms with Gasteiger partial charge in [-0.2, -0.15) is 0 Å². The van der Waals surface area contributed by atoms with E-state index in [1.807, 2.05) is 74.5 Å². The molecule has 1 aliphatic rings. The first-order valence-electron chi connectivity index (χ1n) is 13.2. The molecule has 196 valence electrons. The zero-order chi connectivity index (χ0) is 26.8. The number of fused-ring (bicyclic) bond motifs is 2. The van der Waals surface area contributed by atoms with Gasteiger partial charge in [-0.15, -0.1) is 0 Å². The molecule has 6 nitrogen and oxygen atoms in total. The van der Waals surface area contributed by atoms with Gasteiger partial charge in [0.15, 0.2) is 16.9 Å². The third kappa shape index (κ3) is 4.67. The molecule has 1 aromatic heterocycles. The number of aryl methyl sites for hydroxylation is 2. The normalized spacial score (nSPS) is 14.7. The molecule has 1 atom stereocenters. The number of rotatable bonds is 9. The van der Waals surface area contributed by atoms with Crippen LogP contribution in [0, 0.1) is 13.8 Å². The first-order valence-corrected chi connectivity index (χ1v) is 13.2. The molecule has 0 radical (unpaired) electrons. The number of benzene rings is 3. The van der Waals surface area contributed by atoms with Gasteiger partial charge in [0.05, 0.1) is 24.1 Å². The molecule has 1 amide bonds. The molecule has 38 heavy (non-hydrogen) atoms. The number of amides is 1. The standard InChI is InChI=1S/C32H33NO5/c1-5-6-10-15-33-28(23-13-14-25(26(18-23)36-4)37-19-22-11-8-7-9-12-22)27-29(34)24-17-20(2)16-21(3)30(24)38-31(27)32(33)35/h7-9,11-14,16-18,28H,5-6,10,15,19H2,1-4H3. The second kappa shape index (κ2) is 10.7. The lowest BCUT2D eigenvalue weighted by atomic mass is 9.97. The van der Waals surface area contributed by atoms with Gasteiger partial charge in [-0.05, 0) is 60.7 Å². The molecule has 0 fully saturated rings. The van der Waals surface area contributed by atoms with Crippen LogP contribution in [0.25, 0.3) is 11.0 Å². The summed E-state index contributed by atoms with van der Waals surface area (Å²) in [4.78, 5) is 29.4. The SMILES string of the molecule is CCCCCN1C(=O)c2oc3c(C)cc(C)cc3c(=O)c2C1c1ccc(OCc2ccccc2)c(OC)c1. The van der Waals surface area contributed by atoms with E-state index < -0.39 is 6.04 Å². The van der Waals surface area contributed by atoms with Crippen LogP contribution < -0.4 is 14.9 Å². The quantitative estimate of drug-likeness (QED) is 0.233. The Labute approximate surface area is 222 Å². The lowest BCUT2D eigenvalue weighted by Gasteiger charge is -2.26. The summed E-state index contributed by atoms with van der Waals surface area (Å²) in [6, 6.07) is 18.8. The van der Waals surface area contributed by atoms with Crippen LogP contribution in [0.3, 0.4) is 0 Å². The maximum Gasteiger partial charge on any atom is 0.290 e. The van der Waals surface area contributed by atoms with E-state index in [4.69, 9.17) is 13.9 Å². The predicted molar refractivity (Wildman–Crippen MR) is 148 cm³/mol. The number of carbonyl (C=O) groups excluding carboxylic acids is 1. The summed E-state index contributed by atoms with van der Waals surface area (Å²) in [5.41, 5.74) is 4.36. The van der Waals surface area contributed by atoms with E-state index in [0.717, 1.165) is 41.5 Å². The second-order valence-electron chi connectivity index (χ2n) is 9.93. The minimum absolute atomic E-state index is 0.138. The summed E-state index contributed by atoms with van der Waals surface area (Å²) < 4.78 is 17.9. The molecule has 4 aromatic rings. The maximum atomic E-state index is 13.9. The zero-order valence-corrected chi connectivity index (χ0v) is 22.4. The highest BCUT2D eigenvalue weighted by molar-refractivity contribution is 5.99. The monoisotopic (exact) mass is 511 g/mol. The van der Waals surface area contributed by atoms with E-state index in [1.54, 1.807) is 12.0 Å². The van der Waals surface area contributed by atoms with Gasteiger partial charge in [0.25, 0.3) is 5.91 Å². The molecule has 1 aliphatic heterocycles. The summed E-state index contributed by atoms with van der Waals surface area (Å²) in [5.74, 6) is 1.03. The number of ether oxygens (including phenoxy) is 2. The van der Waals surface area contributed by atoms with Crippen LogP contribution in [-0.4, -0.2) is 24.5 Å². The number of hydrogen-bond donors (Lipinski definition) is 0. The van der Waals surface area contributed by atoms with Crippen molar-refractivity contribution in [3.63, 3.8) is 0 Å². The average molecular weight is 512 g/mol. The minimum Gasteiger partial charge on any atom is -0.493 e. The van der Waals surface area contributed by atoms with Crippen LogP contribution in [0.4, 0.5) is 0 Å². The van der Waals surface area contributed by atoms with Crippen molar-refractivity contribution in [3.8, 4) is 11.5 Å². The number of nitrogens with zero attached hydrogens (tertiary/aromatic N) is 1. The van der Waals surface area contributed by atoms with Crippen LogP contribution in [0.2, 0.25) is 0 Å². The number of methoxy groups -OCH3 is 1. The number of hydrogen-bond acceptors (Lipinski definition) is 5. The van der Waals surface area contributed by atoms with E-state index in [-0.39, 0.29) is 17.1 Å². The van der Waals surface area contributed by atoms with Gasteiger partial charge in [0.1, 0.15) is 12.2 Å². The van der Waals surface area contributed by atoms with Gasteiger partial charge in [-0.25, -0.2) is 0 Å². The lowest BCUT2D eigenvalue weighted by molar-refractivity contribution is 0.0724. The van der Waals surface area contributed by atoms with Gasteiger partial charge >= 0.3 is 0 Å². The van der Waals surface area contributed by atoms with Crippen molar-refractivity contribution in [2.24, 2.45) is 0 Å². The fourth-order valence-electron chi connectivity index (χ4n) is 5.29. The van der Waals surface area contributed by atoms with Gasteiger partial charge in [-0.3, -0.25) is 9.59 Å². The molecule has 0 bridgehead atoms. The smallest absolute Gasteiger partial charge is 0.290 e. The van der Waals surface area contributed by atoms with E-state index in [2.05, 4.69) is 6.92 Å². The highest BCUT2D eigenvalue weighted by Crippen LogP contribution is 2.41. The molecule has 0 saturated heterocycles. The fraction of sp³-hybridized carbons (Fsp3) is 0.312. The minimum atomic E-state index is -0.562.